The van der Waals surface area contributed by atoms with Gasteiger partial charge >= 0.3 is 6.09 Å². The Labute approximate surface area is 243 Å². The zero-order chi connectivity index (χ0) is 29.7. The Balaban J connectivity index is 1.71. The average molecular weight is 564 g/mol. The summed E-state index contributed by atoms with van der Waals surface area (Å²) in [4.78, 5) is 43.4. The predicted octanol–water partition coefficient (Wildman–Crippen LogP) is 5.56. The maximum Gasteiger partial charge on any atom is 0.408 e. The lowest BCUT2D eigenvalue weighted by Crippen LogP contribution is -2.55. The molecule has 8 heteroatoms. The van der Waals surface area contributed by atoms with E-state index in [0.717, 1.165) is 48.8 Å². The number of hydrogen-bond acceptors (Lipinski definition) is 5. The molecule has 3 N–H and O–H groups in total. The van der Waals surface area contributed by atoms with Crippen LogP contribution in [0.1, 0.15) is 89.0 Å². The summed E-state index contributed by atoms with van der Waals surface area (Å²) in [6.07, 6.45) is 5.47. The smallest absolute Gasteiger partial charge is 0.408 e. The number of aromatic hydroxyl groups is 1. The van der Waals surface area contributed by atoms with Gasteiger partial charge in [0.1, 0.15) is 23.4 Å². The standard InChI is InChI=1S/C33H45N3O5/c1-21-11-9-10-14-26(21)29(30(38)34-24-12-7-6-8-13-24)36(28-19-22(28)2)31(39)27(35-32(40)41-33(3,4)5)20-23-15-17-25(37)18-16-23/h9-11,14-18,22,24,27-29,37H,6-8,12-13,19-20H2,1-5H3,(H,34,38)(H,35,40). The van der Waals surface area contributed by atoms with Crippen molar-refractivity contribution in [2.75, 3.05) is 0 Å². The highest BCUT2D eigenvalue weighted by molar-refractivity contribution is 5.93. The number of aryl methyl sites for hydroxylation is 1. The molecular formula is C33H45N3O5. The molecule has 0 heterocycles. The number of hydrogen-bond donors (Lipinski definition) is 3. The van der Waals surface area contributed by atoms with Crippen molar-refractivity contribution < 1.29 is 24.2 Å². The molecule has 4 unspecified atom stereocenters. The van der Waals surface area contributed by atoms with Crippen molar-refractivity contribution in [1.82, 2.24) is 15.5 Å². The Bertz CT molecular complexity index is 1220. The molecule has 2 fully saturated rings. The number of carbonyl (C=O) groups excluding carboxylic acids is 3. The number of phenolic OH excluding ortho intramolecular Hbond substituents is 1. The minimum Gasteiger partial charge on any atom is -0.508 e. The molecule has 0 bridgehead atoms. The van der Waals surface area contributed by atoms with Crippen molar-refractivity contribution in [3.63, 3.8) is 0 Å². The Kier molecular flexibility index (Phi) is 9.61. The van der Waals surface area contributed by atoms with Gasteiger partial charge in [-0.1, -0.05) is 62.6 Å². The van der Waals surface area contributed by atoms with Crippen LogP contribution in [0, 0.1) is 12.8 Å². The molecule has 3 amide bonds. The number of alkyl carbamates (subject to hydrolysis) is 1. The van der Waals surface area contributed by atoms with E-state index >= 15 is 0 Å². The molecule has 0 saturated heterocycles. The van der Waals surface area contributed by atoms with Gasteiger partial charge in [-0.05, 0) is 81.7 Å². The van der Waals surface area contributed by atoms with E-state index in [0.29, 0.717) is 0 Å². The molecule has 2 aliphatic carbocycles. The third-order valence-electron chi connectivity index (χ3n) is 8.01. The number of phenols is 1. The van der Waals surface area contributed by atoms with Crippen LogP contribution in [0.15, 0.2) is 48.5 Å². The normalized spacial score (nSPS) is 20.4. The molecule has 8 nitrogen and oxygen atoms in total. The Morgan fingerprint density at radius 3 is 2.24 bits per heavy atom. The highest BCUT2D eigenvalue weighted by Gasteiger charge is 2.48. The Hall–Kier alpha value is -3.55. The van der Waals surface area contributed by atoms with E-state index in [9.17, 15) is 19.5 Å². The lowest BCUT2D eigenvalue weighted by atomic mass is 9.93. The van der Waals surface area contributed by atoms with Gasteiger partial charge in [-0.2, -0.15) is 0 Å². The maximum absolute atomic E-state index is 14.6. The number of rotatable bonds is 9. The molecule has 2 aromatic carbocycles. The first-order valence-electron chi connectivity index (χ1n) is 14.9. The molecule has 41 heavy (non-hydrogen) atoms. The third-order valence-corrected chi connectivity index (χ3v) is 8.01. The van der Waals surface area contributed by atoms with E-state index in [1.54, 1.807) is 49.9 Å². The summed E-state index contributed by atoms with van der Waals surface area (Å²) in [6.45, 7) is 9.35. The quantitative estimate of drug-likeness (QED) is 0.370. The van der Waals surface area contributed by atoms with Crippen molar-refractivity contribution >= 4 is 17.9 Å². The minimum atomic E-state index is -0.976. The highest BCUT2D eigenvalue weighted by atomic mass is 16.6. The first kappa shape index (κ1) is 30.4. The van der Waals surface area contributed by atoms with Crippen LogP contribution in [0.3, 0.4) is 0 Å². The summed E-state index contributed by atoms with van der Waals surface area (Å²) in [7, 11) is 0. The van der Waals surface area contributed by atoms with Crippen LogP contribution >= 0.6 is 0 Å². The molecule has 0 aromatic heterocycles. The van der Waals surface area contributed by atoms with Gasteiger partial charge in [-0.3, -0.25) is 9.59 Å². The van der Waals surface area contributed by atoms with Crippen LogP contribution in [0.4, 0.5) is 4.79 Å². The van der Waals surface area contributed by atoms with E-state index < -0.39 is 23.8 Å². The van der Waals surface area contributed by atoms with Crippen LogP contribution in [0.5, 0.6) is 5.75 Å². The number of amides is 3. The topological polar surface area (TPSA) is 108 Å². The van der Waals surface area contributed by atoms with E-state index in [1.807, 2.05) is 31.2 Å². The van der Waals surface area contributed by atoms with Gasteiger partial charge in [0.05, 0.1) is 0 Å². The van der Waals surface area contributed by atoms with Gasteiger partial charge in [-0.15, -0.1) is 0 Å². The van der Waals surface area contributed by atoms with E-state index in [4.69, 9.17) is 4.74 Å². The summed E-state index contributed by atoms with van der Waals surface area (Å²) < 4.78 is 5.52. The van der Waals surface area contributed by atoms with E-state index in [1.165, 1.54) is 6.42 Å². The largest absolute Gasteiger partial charge is 0.508 e. The zero-order valence-electron chi connectivity index (χ0n) is 25.0. The number of carbonyl (C=O) groups is 3. The fourth-order valence-corrected chi connectivity index (χ4v) is 5.71. The highest BCUT2D eigenvalue weighted by Crippen LogP contribution is 2.41. The Morgan fingerprint density at radius 1 is 1.02 bits per heavy atom. The van der Waals surface area contributed by atoms with Crippen LogP contribution in [0.25, 0.3) is 0 Å². The molecule has 0 aliphatic heterocycles. The van der Waals surface area contributed by atoms with Crippen LogP contribution < -0.4 is 10.6 Å². The van der Waals surface area contributed by atoms with Crippen molar-refractivity contribution in [3.05, 3.63) is 65.2 Å². The monoisotopic (exact) mass is 563 g/mol. The fourth-order valence-electron chi connectivity index (χ4n) is 5.71. The Morgan fingerprint density at radius 2 is 1.66 bits per heavy atom. The van der Waals surface area contributed by atoms with Crippen molar-refractivity contribution in [1.29, 1.82) is 0 Å². The third kappa shape index (κ3) is 8.24. The molecule has 0 spiro atoms. The first-order valence-corrected chi connectivity index (χ1v) is 14.9. The summed E-state index contributed by atoms with van der Waals surface area (Å²) in [5, 5.41) is 15.9. The van der Waals surface area contributed by atoms with Crippen molar-refractivity contribution in [3.8, 4) is 5.75 Å². The second-order valence-electron chi connectivity index (χ2n) is 12.7. The number of nitrogens with zero attached hydrogens (tertiary/aromatic N) is 1. The first-order chi connectivity index (χ1) is 19.4. The molecule has 222 valence electrons. The SMILES string of the molecule is Cc1ccccc1C(C(=O)NC1CCCCC1)N(C(=O)C(Cc1ccc(O)cc1)NC(=O)OC(C)(C)C)C1CC1C. The summed E-state index contributed by atoms with van der Waals surface area (Å²) in [5.41, 5.74) is 1.73. The maximum atomic E-state index is 14.6. The number of nitrogens with one attached hydrogen (secondary N) is 2. The molecule has 4 rings (SSSR count). The van der Waals surface area contributed by atoms with Crippen LogP contribution in [-0.4, -0.2) is 51.6 Å². The summed E-state index contributed by atoms with van der Waals surface area (Å²) >= 11 is 0. The lowest BCUT2D eigenvalue weighted by molar-refractivity contribution is -0.143. The van der Waals surface area contributed by atoms with Gasteiger partial charge < -0.3 is 25.4 Å². The van der Waals surface area contributed by atoms with Gasteiger partial charge in [0.2, 0.25) is 11.8 Å². The molecule has 2 saturated carbocycles. The van der Waals surface area contributed by atoms with E-state index in [2.05, 4.69) is 17.6 Å². The van der Waals surface area contributed by atoms with Crippen molar-refractivity contribution in [2.45, 2.75) is 109 Å². The zero-order valence-corrected chi connectivity index (χ0v) is 25.0. The molecule has 2 aliphatic rings. The lowest BCUT2D eigenvalue weighted by Gasteiger charge is -2.36. The van der Waals surface area contributed by atoms with E-state index in [-0.39, 0.29) is 42.0 Å². The van der Waals surface area contributed by atoms with Gasteiger partial charge in [0.25, 0.3) is 0 Å². The minimum absolute atomic E-state index is 0.0871. The predicted molar refractivity (Wildman–Crippen MR) is 158 cm³/mol. The summed E-state index contributed by atoms with van der Waals surface area (Å²) in [6, 6.07) is 12.4. The second kappa shape index (κ2) is 13.0. The average Bonchev–Trinajstić information content (AvgIpc) is 3.63. The van der Waals surface area contributed by atoms with Crippen LogP contribution in [-0.2, 0) is 20.7 Å². The molecule has 4 atom stereocenters. The van der Waals surface area contributed by atoms with Gasteiger partial charge in [0.15, 0.2) is 0 Å². The van der Waals surface area contributed by atoms with Crippen molar-refractivity contribution in [2.24, 2.45) is 5.92 Å². The number of benzene rings is 2. The summed E-state index contributed by atoms with van der Waals surface area (Å²) in [5.74, 6) is -0.169. The van der Waals surface area contributed by atoms with Gasteiger partial charge in [-0.25, -0.2) is 4.79 Å². The second-order valence-corrected chi connectivity index (χ2v) is 12.7. The van der Waals surface area contributed by atoms with Gasteiger partial charge in [0, 0.05) is 18.5 Å². The molecular weight excluding hydrogens is 518 g/mol. The van der Waals surface area contributed by atoms with Crippen LogP contribution in [0.2, 0.25) is 0 Å². The molecule has 2 aromatic rings. The molecule has 0 radical (unpaired) electrons. The number of ether oxygens (including phenoxy) is 1. The fraction of sp³-hybridized carbons (Fsp3) is 0.545.